The van der Waals surface area contributed by atoms with Crippen LogP contribution in [0, 0.1) is 18.8 Å². The van der Waals surface area contributed by atoms with Crippen LogP contribution in [0.25, 0.3) is 0 Å². The molecule has 0 spiro atoms. The number of hydrogen-bond acceptors (Lipinski definition) is 2. The lowest BCUT2D eigenvalue weighted by atomic mass is 9.78. The molecule has 2 atom stereocenters. The van der Waals surface area contributed by atoms with E-state index in [1.54, 1.807) is 0 Å². The molecule has 3 rings (SSSR count). The Morgan fingerprint density at radius 1 is 1.00 bits per heavy atom. The van der Waals surface area contributed by atoms with Gasteiger partial charge in [-0.2, -0.15) is 0 Å². The van der Waals surface area contributed by atoms with Crippen LogP contribution in [0.3, 0.4) is 0 Å². The van der Waals surface area contributed by atoms with Crippen molar-refractivity contribution in [3.63, 3.8) is 0 Å². The summed E-state index contributed by atoms with van der Waals surface area (Å²) in [6.45, 7) is 6.11. The molecule has 4 heteroatoms. The van der Waals surface area contributed by atoms with Crippen LogP contribution in [0.1, 0.15) is 32.3 Å². The molecule has 1 aromatic carbocycles. The number of anilines is 1. The molecule has 0 aromatic heterocycles. The van der Waals surface area contributed by atoms with Crippen LogP contribution in [0.2, 0.25) is 0 Å². The molecule has 2 aliphatic rings. The van der Waals surface area contributed by atoms with E-state index in [2.05, 4.69) is 29.8 Å². The second-order valence-electron chi connectivity index (χ2n) is 6.15. The minimum absolute atomic E-state index is 0.0543. The Bertz CT molecular complexity index is 645. The number of amides is 2. The van der Waals surface area contributed by atoms with Gasteiger partial charge in [-0.3, -0.25) is 9.59 Å². The monoisotopic (exact) mass is 347 g/mol. The maximum absolute atomic E-state index is 12.7. The Balaban J connectivity index is 2.00. The molecule has 1 saturated heterocycles. The van der Waals surface area contributed by atoms with Gasteiger partial charge in [-0.05, 0) is 67.2 Å². The predicted octanol–water partition coefficient (Wildman–Crippen LogP) is 3.99. The van der Waals surface area contributed by atoms with Gasteiger partial charge in [0.25, 0.3) is 0 Å². The molecule has 1 fully saturated rings. The Kier molecular flexibility index (Phi) is 3.52. The molecule has 1 aliphatic heterocycles. The molecule has 110 valence electrons. The normalized spacial score (nSPS) is 25.6. The van der Waals surface area contributed by atoms with Crippen molar-refractivity contribution in [3.05, 3.63) is 39.4 Å². The number of aryl methyl sites for hydroxylation is 1. The van der Waals surface area contributed by atoms with E-state index in [0.29, 0.717) is 18.5 Å². The number of allylic oxidation sites excluding steroid dienone is 2. The smallest absolute Gasteiger partial charge is 0.238 e. The molecule has 0 unspecified atom stereocenters. The third-order valence-corrected chi connectivity index (χ3v) is 5.32. The van der Waals surface area contributed by atoms with Crippen LogP contribution in [0.5, 0.6) is 0 Å². The van der Waals surface area contributed by atoms with Gasteiger partial charge in [0.2, 0.25) is 11.8 Å². The second-order valence-corrected chi connectivity index (χ2v) is 7.00. The van der Waals surface area contributed by atoms with Gasteiger partial charge in [0.05, 0.1) is 17.5 Å². The van der Waals surface area contributed by atoms with Gasteiger partial charge >= 0.3 is 0 Å². The SMILES string of the molecule is CC1=C(C)C[C@H]2C(=O)N(c3ccc(C)cc3Br)C(=O)[C@H]2C1. The van der Waals surface area contributed by atoms with Crippen molar-refractivity contribution >= 4 is 33.4 Å². The van der Waals surface area contributed by atoms with Gasteiger partial charge in [0.1, 0.15) is 0 Å². The van der Waals surface area contributed by atoms with Gasteiger partial charge in [-0.25, -0.2) is 4.90 Å². The second kappa shape index (κ2) is 5.09. The number of benzene rings is 1. The topological polar surface area (TPSA) is 37.4 Å². The Morgan fingerprint density at radius 3 is 2.00 bits per heavy atom. The van der Waals surface area contributed by atoms with Gasteiger partial charge in [-0.15, -0.1) is 0 Å². The fraction of sp³-hybridized carbons (Fsp3) is 0.412. The number of fused-ring (bicyclic) bond motifs is 1. The standard InChI is InChI=1S/C17H18BrNO2/c1-9-4-5-15(14(18)6-9)19-16(20)12-7-10(2)11(3)8-13(12)17(19)21/h4-6,12-13H,7-8H2,1-3H3/t12-,13+. The molecule has 1 aromatic rings. The summed E-state index contributed by atoms with van der Waals surface area (Å²) >= 11 is 3.48. The summed E-state index contributed by atoms with van der Waals surface area (Å²) in [5, 5.41) is 0. The van der Waals surface area contributed by atoms with Crippen LogP contribution in [0.4, 0.5) is 5.69 Å². The quantitative estimate of drug-likeness (QED) is 0.568. The van der Waals surface area contributed by atoms with E-state index in [4.69, 9.17) is 0 Å². The van der Waals surface area contributed by atoms with Gasteiger partial charge < -0.3 is 0 Å². The maximum atomic E-state index is 12.7. The van der Waals surface area contributed by atoms with Crippen molar-refractivity contribution in [2.75, 3.05) is 4.90 Å². The summed E-state index contributed by atoms with van der Waals surface area (Å²) in [5.74, 6) is -0.480. The average molecular weight is 348 g/mol. The van der Waals surface area contributed by atoms with Crippen molar-refractivity contribution in [2.45, 2.75) is 33.6 Å². The average Bonchev–Trinajstić information content (AvgIpc) is 2.64. The predicted molar refractivity (Wildman–Crippen MR) is 86.0 cm³/mol. The van der Waals surface area contributed by atoms with Crippen molar-refractivity contribution in [2.24, 2.45) is 11.8 Å². The highest BCUT2D eigenvalue weighted by atomic mass is 79.9. The first-order valence-corrected chi connectivity index (χ1v) is 7.98. The van der Waals surface area contributed by atoms with Crippen molar-refractivity contribution in [3.8, 4) is 0 Å². The highest BCUT2D eigenvalue weighted by Crippen LogP contribution is 2.43. The number of carbonyl (C=O) groups is 2. The van der Waals surface area contributed by atoms with Crippen LogP contribution in [-0.2, 0) is 9.59 Å². The Hall–Kier alpha value is -1.42. The summed E-state index contributed by atoms with van der Waals surface area (Å²) in [6, 6.07) is 5.71. The molecule has 0 bridgehead atoms. The van der Waals surface area contributed by atoms with E-state index in [-0.39, 0.29) is 23.7 Å². The summed E-state index contributed by atoms with van der Waals surface area (Å²) < 4.78 is 0.796. The minimum Gasteiger partial charge on any atom is -0.274 e. The third kappa shape index (κ3) is 2.26. The Morgan fingerprint density at radius 2 is 1.52 bits per heavy atom. The summed E-state index contributed by atoms with van der Waals surface area (Å²) in [7, 11) is 0. The lowest BCUT2D eigenvalue weighted by Crippen LogP contribution is -2.31. The van der Waals surface area contributed by atoms with E-state index in [9.17, 15) is 9.59 Å². The van der Waals surface area contributed by atoms with E-state index >= 15 is 0 Å². The molecule has 21 heavy (non-hydrogen) atoms. The summed E-state index contributed by atoms with van der Waals surface area (Å²) in [5.41, 5.74) is 4.26. The number of nitrogens with zero attached hydrogens (tertiary/aromatic N) is 1. The summed E-state index contributed by atoms with van der Waals surface area (Å²) in [6.07, 6.45) is 1.42. The molecule has 3 nitrogen and oxygen atoms in total. The number of imide groups is 1. The molecule has 0 saturated carbocycles. The lowest BCUT2D eigenvalue weighted by Gasteiger charge is -2.23. The highest BCUT2D eigenvalue weighted by Gasteiger charge is 2.49. The van der Waals surface area contributed by atoms with Crippen LogP contribution in [0.15, 0.2) is 33.8 Å². The molecule has 2 amide bonds. The van der Waals surface area contributed by atoms with E-state index in [1.807, 2.05) is 25.1 Å². The molecular formula is C17H18BrNO2. The zero-order valence-corrected chi connectivity index (χ0v) is 14.0. The molecule has 1 heterocycles. The molecular weight excluding hydrogens is 330 g/mol. The van der Waals surface area contributed by atoms with Crippen LogP contribution < -0.4 is 4.90 Å². The molecule has 1 aliphatic carbocycles. The zero-order chi connectivity index (χ0) is 15.3. The zero-order valence-electron chi connectivity index (χ0n) is 12.4. The van der Waals surface area contributed by atoms with Crippen LogP contribution >= 0.6 is 15.9 Å². The summed E-state index contributed by atoms with van der Waals surface area (Å²) in [4.78, 5) is 26.8. The molecule has 0 radical (unpaired) electrons. The first kappa shape index (κ1) is 14.5. The third-order valence-electron chi connectivity index (χ3n) is 4.69. The van der Waals surface area contributed by atoms with Crippen molar-refractivity contribution in [1.29, 1.82) is 0 Å². The number of rotatable bonds is 1. The first-order chi connectivity index (χ1) is 9.90. The van der Waals surface area contributed by atoms with Crippen molar-refractivity contribution < 1.29 is 9.59 Å². The lowest BCUT2D eigenvalue weighted by molar-refractivity contribution is -0.122. The number of hydrogen-bond donors (Lipinski definition) is 0. The minimum atomic E-state index is -0.186. The highest BCUT2D eigenvalue weighted by molar-refractivity contribution is 9.10. The molecule has 0 N–H and O–H groups in total. The number of halogens is 1. The fourth-order valence-corrected chi connectivity index (χ4v) is 3.95. The van der Waals surface area contributed by atoms with Gasteiger partial charge in [0.15, 0.2) is 0 Å². The van der Waals surface area contributed by atoms with E-state index in [0.717, 1.165) is 10.0 Å². The fourth-order valence-electron chi connectivity index (χ4n) is 3.28. The van der Waals surface area contributed by atoms with Gasteiger partial charge in [-0.1, -0.05) is 17.2 Å². The van der Waals surface area contributed by atoms with E-state index < -0.39 is 0 Å². The Labute approximate surface area is 133 Å². The first-order valence-electron chi connectivity index (χ1n) is 7.19. The maximum Gasteiger partial charge on any atom is 0.238 e. The largest absolute Gasteiger partial charge is 0.274 e. The van der Waals surface area contributed by atoms with Gasteiger partial charge in [0, 0.05) is 4.47 Å². The van der Waals surface area contributed by atoms with Crippen molar-refractivity contribution in [1.82, 2.24) is 0 Å². The van der Waals surface area contributed by atoms with Crippen LogP contribution in [-0.4, -0.2) is 11.8 Å². The van der Waals surface area contributed by atoms with E-state index in [1.165, 1.54) is 16.0 Å². The number of carbonyl (C=O) groups excluding carboxylic acids is 2.